The Hall–Kier alpha value is -4.52. The Morgan fingerprint density at radius 3 is 2.38 bits per heavy atom. The van der Waals surface area contributed by atoms with Gasteiger partial charge in [-0.2, -0.15) is 0 Å². The number of benzene rings is 2. The maximum absolute atomic E-state index is 13.5. The molecule has 0 bridgehead atoms. The second-order valence-electron chi connectivity index (χ2n) is 10.9. The van der Waals surface area contributed by atoms with Gasteiger partial charge in [0, 0.05) is 25.1 Å². The van der Waals surface area contributed by atoms with Crippen LogP contribution in [0.4, 0.5) is 0 Å². The Morgan fingerprint density at radius 2 is 1.71 bits per heavy atom. The monoisotopic (exact) mass is 641 g/mol. The fourth-order valence-electron chi connectivity index (χ4n) is 5.45. The number of carbonyl (C=O) groups excluding carboxylic acids is 5. The summed E-state index contributed by atoms with van der Waals surface area (Å²) in [5, 5.41) is 8.17. The fraction of sp³-hybridized carbons (Fsp3) is 0.367. The van der Waals surface area contributed by atoms with Gasteiger partial charge < -0.3 is 31.1 Å². The quantitative estimate of drug-likeness (QED) is 0.135. The Balaban J connectivity index is 1.35. The van der Waals surface area contributed by atoms with Gasteiger partial charge in [-0.15, -0.1) is 0 Å². The molecule has 2 aromatic carbocycles. The predicted molar refractivity (Wildman–Crippen MR) is 162 cm³/mol. The van der Waals surface area contributed by atoms with E-state index in [-0.39, 0.29) is 31.2 Å². The number of phosphoric acid groups is 1. The van der Waals surface area contributed by atoms with Crippen molar-refractivity contribution >= 4 is 43.4 Å². The molecule has 240 valence electrons. The van der Waals surface area contributed by atoms with Gasteiger partial charge in [0.2, 0.25) is 29.5 Å². The smallest absolute Gasteiger partial charge is 0.404 e. The third kappa shape index (κ3) is 9.73. The van der Waals surface area contributed by atoms with Crippen LogP contribution in [-0.4, -0.2) is 68.4 Å². The fourth-order valence-corrected chi connectivity index (χ4v) is 5.85. The van der Waals surface area contributed by atoms with E-state index in [1.165, 1.54) is 41.3 Å². The summed E-state index contributed by atoms with van der Waals surface area (Å²) in [5.41, 5.74) is 6.70. The normalized spacial score (nSPS) is 20.3. The van der Waals surface area contributed by atoms with Crippen molar-refractivity contribution in [2.45, 2.75) is 69.2 Å². The summed E-state index contributed by atoms with van der Waals surface area (Å²) in [5.74, 6) is -2.59. The molecular weight excluding hydrogens is 605 g/mol. The third-order valence-corrected chi connectivity index (χ3v) is 8.06. The number of hydrogen-bond acceptors (Lipinski definition) is 7. The van der Waals surface area contributed by atoms with E-state index in [4.69, 9.17) is 15.5 Å². The molecule has 0 aliphatic carbocycles. The highest BCUT2D eigenvalue weighted by Gasteiger charge is 2.46. The Bertz CT molecular complexity index is 1480. The number of nitrogens with zero attached hydrogens (tertiary/aromatic N) is 1. The maximum atomic E-state index is 13.5. The van der Waals surface area contributed by atoms with E-state index < -0.39 is 55.5 Å². The van der Waals surface area contributed by atoms with Gasteiger partial charge in [-0.3, -0.25) is 33.8 Å². The molecule has 0 radical (unpaired) electrons. The minimum Gasteiger partial charge on any atom is -0.404 e. The molecule has 45 heavy (non-hydrogen) atoms. The summed E-state index contributed by atoms with van der Waals surface area (Å²) in [6, 6.07) is 12.0. The lowest BCUT2D eigenvalue weighted by molar-refractivity contribution is -0.146. The average Bonchev–Trinajstić information content (AvgIpc) is 3.44. The minimum absolute atomic E-state index is 0.00374. The number of primary amides is 1. The molecule has 0 aromatic heterocycles. The zero-order valence-electron chi connectivity index (χ0n) is 24.3. The molecule has 0 spiro atoms. The lowest BCUT2D eigenvalue weighted by Gasteiger charge is -2.38. The standard InChI is InChI=1S/C30H36N5O9P/c31-26(36)16-14-23(28(38)32-18-20-4-2-1-3-5-20)34-29(39)25-15-10-21-9-13-24(30(40)35(21)25)33-27(37)17-8-19-6-11-22(12-7-19)44-45(41,42)43/h1-8,11-12,17,21,23-25H,9-10,13-16,18H2,(H2,31,36)(H,32,38)(H,33,37)(H,34,39)(H2,41,42,43)/b17-8+/t21-,23-,24-,25-/m0/s1. The van der Waals surface area contributed by atoms with E-state index in [1.54, 1.807) is 0 Å². The van der Waals surface area contributed by atoms with Crippen LogP contribution < -0.4 is 26.2 Å². The lowest BCUT2D eigenvalue weighted by Crippen LogP contribution is -2.60. The van der Waals surface area contributed by atoms with Gasteiger partial charge in [0.1, 0.15) is 23.9 Å². The van der Waals surface area contributed by atoms with Crippen LogP contribution in [0.25, 0.3) is 6.08 Å². The summed E-state index contributed by atoms with van der Waals surface area (Å²) in [7, 11) is -4.69. The van der Waals surface area contributed by atoms with Crippen LogP contribution in [0, 0.1) is 0 Å². The van der Waals surface area contributed by atoms with Crippen LogP contribution in [-0.2, 0) is 35.1 Å². The first-order valence-electron chi connectivity index (χ1n) is 14.5. The van der Waals surface area contributed by atoms with Gasteiger partial charge in [0.15, 0.2) is 0 Å². The second-order valence-corrected chi connectivity index (χ2v) is 12.0. The molecular formula is C30H36N5O9P. The molecule has 15 heteroatoms. The van der Waals surface area contributed by atoms with Gasteiger partial charge in [0.05, 0.1) is 0 Å². The number of nitrogens with one attached hydrogen (secondary N) is 3. The van der Waals surface area contributed by atoms with Crippen molar-refractivity contribution in [2.24, 2.45) is 5.73 Å². The Morgan fingerprint density at radius 1 is 1.02 bits per heavy atom. The molecule has 5 amide bonds. The number of fused-ring (bicyclic) bond motifs is 1. The SMILES string of the molecule is NC(=O)CC[C@H](NC(=O)[C@@H]1CC[C@@H]2CC[C@H](NC(=O)/C=C/c3ccc(OP(=O)(O)O)cc3)C(=O)N21)C(=O)NCc1ccccc1. The van der Waals surface area contributed by atoms with Crippen molar-refractivity contribution in [2.75, 3.05) is 0 Å². The molecule has 0 saturated carbocycles. The molecule has 4 rings (SSSR count). The Labute approximate surface area is 259 Å². The summed E-state index contributed by atoms with van der Waals surface area (Å²) in [4.78, 5) is 83.2. The van der Waals surface area contributed by atoms with E-state index in [2.05, 4.69) is 20.5 Å². The predicted octanol–water partition coefficient (Wildman–Crippen LogP) is 0.876. The number of amides is 5. The minimum atomic E-state index is -4.69. The van der Waals surface area contributed by atoms with E-state index in [1.807, 2.05) is 30.3 Å². The van der Waals surface area contributed by atoms with Gasteiger partial charge in [-0.05, 0) is 61.4 Å². The highest BCUT2D eigenvalue weighted by molar-refractivity contribution is 7.46. The van der Waals surface area contributed by atoms with Crippen molar-refractivity contribution in [3.8, 4) is 5.75 Å². The molecule has 14 nitrogen and oxygen atoms in total. The van der Waals surface area contributed by atoms with Crippen molar-refractivity contribution in [3.05, 3.63) is 71.8 Å². The van der Waals surface area contributed by atoms with Gasteiger partial charge in [-0.1, -0.05) is 42.5 Å². The Kier molecular flexibility index (Phi) is 11.1. The number of rotatable bonds is 13. The van der Waals surface area contributed by atoms with Crippen molar-refractivity contribution in [1.82, 2.24) is 20.9 Å². The largest absolute Gasteiger partial charge is 0.524 e. The van der Waals surface area contributed by atoms with E-state index in [0.717, 1.165) is 5.56 Å². The topological polar surface area (TPSA) is 217 Å². The lowest BCUT2D eigenvalue weighted by atomic mass is 9.98. The molecule has 7 N–H and O–H groups in total. The van der Waals surface area contributed by atoms with Crippen LogP contribution in [0.1, 0.15) is 49.7 Å². The van der Waals surface area contributed by atoms with E-state index in [0.29, 0.717) is 31.2 Å². The van der Waals surface area contributed by atoms with Gasteiger partial charge in [0.25, 0.3) is 0 Å². The van der Waals surface area contributed by atoms with Gasteiger partial charge in [-0.25, -0.2) is 4.57 Å². The molecule has 2 fully saturated rings. The number of hydrogen-bond donors (Lipinski definition) is 6. The average molecular weight is 642 g/mol. The summed E-state index contributed by atoms with van der Waals surface area (Å²) in [6.07, 6.45) is 4.52. The molecule has 2 saturated heterocycles. The molecule has 2 aliphatic rings. The van der Waals surface area contributed by atoms with E-state index >= 15 is 0 Å². The zero-order chi connectivity index (χ0) is 32.6. The van der Waals surface area contributed by atoms with Crippen LogP contribution >= 0.6 is 7.82 Å². The molecule has 2 heterocycles. The molecule has 4 atom stereocenters. The van der Waals surface area contributed by atoms with Crippen molar-refractivity contribution in [3.63, 3.8) is 0 Å². The number of piperidine rings is 1. The van der Waals surface area contributed by atoms with E-state index in [9.17, 15) is 28.5 Å². The van der Waals surface area contributed by atoms with Crippen LogP contribution in [0.15, 0.2) is 60.7 Å². The first-order chi connectivity index (χ1) is 21.4. The van der Waals surface area contributed by atoms with Crippen molar-refractivity contribution in [1.29, 1.82) is 0 Å². The second kappa shape index (κ2) is 15.0. The number of phosphoric ester groups is 1. The summed E-state index contributed by atoms with van der Waals surface area (Å²) >= 11 is 0. The van der Waals surface area contributed by atoms with Crippen LogP contribution in [0.3, 0.4) is 0 Å². The first kappa shape index (κ1) is 33.4. The van der Waals surface area contributed by atoms with Gasteiger partial charge >= 0.3 is 7.82 Å². The van der Waals surface area contributed by atoms with Crippen molar-refractivity contribution < 1.29 is 42.8 Å². The van der Waals surface area contributed by atoms with Crippen LogP contribution in [0.2, 0.25) is 0 Å². The summed E-state index contributed by atoms with van der Waals surface area (Å²) in [6.45, 7) is 0.227. The van der Waals surface area contributed by atoms with Crippen LogP contribution in [0.5, 0.6) is 5.75 Å². The third-order valence-electron chi connectivity index (χ3n) is 7.62. The highest BCUT2D eigenvalue weighted by atomic mass is 31.2. The molecule has 2 aliphatic heterocycles. The highest BCUT2D eigenvalue weighted by Crippen LogP contribution is 2.37. The maximum Gasteiger partial charge on any atom is 0.524 e. The summed E-state index contributed by atoms with van der Waals surface area (Å²) < 4.78 is 15.4. The number of carbonyl (C=O) groups is 5. The number of nitrogens with two attached hydrogens (primary N) is 1. The first-order valence-corrected chi connectivity index (χ1v) is 16.0. The molecule has 2 aromatic rings. The molecule has 0 unspecified atom stereocenters. The zero-order valence-corrected chi connectivity index (χ0v) is 25.2.